The Morgan fingerprint density at radius 2 is 2.14 bits per heavy atom. The highest BCUT2D eigenvalue weighted by molar-refractivity contribution is 5.95. The van der Waals surface area contributed by atoms with Gasteiger partial charge in [-0.15, -0.1) is 0 Å². The molecule has 2 atom stereocenters. The van der Waals surface area contributed by atoms with Crippen LogP contribution in [0.5, 0.6) is 0 Å². The van der Waals surface area contributed by atoms with Gasteiger partial charge in [0.1, 0.15) is 0 Å². The van der Waals surface area contributed by atoms with Gasteiger partial charge in [-0.2, -0.15) is 5.10 Å². The number of hydrogen-bond donors (Lipinski definition) is 1. The van der Waals surface area contributed by atoms with Crippen LogP contribution in [0.1, 0.15) is 42.2 Å². The summed E-state index contributed by atoms with van der Waals surface area (Å²) in [7, 11) is 0. The minimum atomic E-state index is -0.809. The van der Waals surface area contributed by atoms with Gasteiger partial charge in [-0.25, -0.2) is 0 Å². The molecular weight excluding hydrogens is 270 g/mol. The van der Waals surface area contributed by atoms with Crippen molar-refractivity contribution in [2.75, 3.05) is 13.1 Å². The number of likely N-dealkylation sites (tertiary alicyclic amines) is 1. The summed E-state index contributed by atoms with van der Waals surface area (Å²) in [4.78, 5) is 25.7. The van der Waals surface area contributed by atoms with Gasteiger partial charge >= 0.3 is 5.97 Å². The smallest absolute Gasteiger partial charge is 0.308 e. The van der Waals surface area contributed by atoms with E-state index in [1.165, 1.54) is 0 Å². The van der Waals surface area contributed by atoms with Crippen LogP contribution in [0.15, 0.2) is 6.20 Å². The summed E-state index contributed by atoms with van der Waals surface area (Å²) in [5, 5.41) is 13.5. The average Bonchev–Trinajstić information content (AvgIpc) is 2.89. The number of aliphatic carboxylic acids is 1. The monoisotopic (exact) mass is 291 g/mol. The zero-order valence-corrected chi connectivity index (χ0v) is 12.3. The van der Waals surface area contributed by atoms with Gasteiger partial charge in [0.2, 0.25) is 0 Å². The number of rotatable bonds is 2. The Morgan fingerprint density at radius 3 is 2.90 bits per heavy atom. The maximum Gasteiger partial charge on any atom is 0.308 e. The topological polar surface area (TPSA) is 75.4 Å². The van der Waals surface area contributed by atoms with Crippen molar-refractivity contribution in [1.29, 1.82) is 0 Å². The molecule has 0 spiro atoms. The number of carboxylic acids is 1. The molecular formula is C15H21N3O3. The Morgan fingerprint density at radius 1 is 1.33 bits per heavy atom. The van der Waals surface area contributed by atoms with Crippen LogP contribution in [-0.4, -0.2) is 44.8 Å². The molecule has 1 aromatic heterocycles. The summed E-state index contributed by atoms with van der Waals surface area (Å²) in [5.74, 6) is -1.10. The molecule has 1 N–H and O–H groups in total. The normalized spacial score (nSPS) is 25.5. The third-order valence-electron chi connectivity index (χ3n) is 4.51. The first kappa shape index (κ1) is 14.1. The molecule has 2 aliphatic heterocycles. The zero-order valence-electron chi connectivity index (χ0n) is 12.3. The summed E-state index contributed by atoms with van der Waals surface area (Å²) in [6.45, 7) is 3.82. The molecule has 1 amide bonds. The number of fused-ring (bicyclic) bond motifs is 1. The van der Waals surface area contributed by atoms with Crippen LogP contribution in [0.25, 0.3) is 0 Å². The van der Waals surface area contributed by atoms with Gasteiger partial charge < -0.3 is 10.0 Å². The van der Waals surface area contributed by atoms with E-state index >= 15 is 0 Å². The second kappa shape index (κ2) is 5.50. The molecule has 6 nitrogen and oxygen atoms in total. The quantitative estimate of drug-likeness (QED) is 0.893. The first-order valence-electron chi connectivity index (χ1n) is 7.63. The van der Waals surface area contributed by atoms with Crippen molar-refractivity contribution in [2.45, 2.75) is 39.2 Å². The lowest BCUT2D eigenvalue weighted by Gasteiger charge is -2.34. The van der Waals surface area contributed by atoms with Crippen LogP contribution in [-0.2, 0) is 17.8 Å². The van der Waals surface area contributed by atoms with Gasteiger partial charge in [0.15, 0.2) is 0 Å². The highest BCUT2D eigenvalue weighted by atomic mass is 16.4. The van der Waals surface area contributed by atoms with Gasteiger partial charge in [-0.1, -0.05) is 6.92 Å². The largest absolute Gasteiger partial charge is 0.481 e. The lowest BCUT2D eigenvalue weighted by atomic mass is 9.90. The van der Waals surface area contributed by atoms with E-state index in [2.05, 4.69) is 5.10 Å². The third-order valence-corrected chi connectivity index (χ3v) is 4.51. The maximum absolute atomic E-state index is 12.7. The van der Waals surface area contributed by atoms with Gasteiger partial charge in [0, 0.05) is 19.6 Å². The van der Waals surface area contributed by atoms with Crippen LogP contribution in [0.4, 0.5) is 0 Å². The Balaban J connectivity index is 1.81. The molecule has 0 aromatic carbocycles. The number of carbonyl (C=O) groups is 2. The minimum Gasteiger partial charge on any atom is -0.481 e. The van der Waals surface area contributed by atoms with Crippen molar-refractivity contribution in [1.82, 2.24) is 14.7 Å². The summed E-state index contributed by atoms with van der Waals surface area (Å²) < 4.78 is 1.92. The molecule has 1 aromatic rings. The van der Waals surface area contributed by atoms with Crippen molar-refractivity contribution >= 4 is 11.9 Å². The Bertz CT molecular complexity index is 567. The summed E-state index contributed by atoms with van der Waals surface area (Å²) in [6.07, 6.45) is 5.36. The van der Waals surface area contributed by atoms with E-state index in [4.69, 9.17) is 0 Å². The molecule has 6 heteroatoms. The number of amides is 1. The fourth-order valence-corrected chi connectivity index (χ4v) is 3.47. The number of nitrogens with zero attached hydrogens (tertiary/aromatic N) is 3. The second-order valence-electron chi connectivity index (χ2n) is 6.27. The highest BCUT2D eigenvalue weighted by Crippen LogP contribution is 2.25. The molecule has 3 rings (SSSR count). The van der Waals surface area contributed by atoms with E-state index in [9.17, 15) is 14.7 Å². The third kappa shape index (κ3) is 2.66. The average molecular weight is 291 g/mol. The highest BCUT2D eigenvalue weighted by Gasteiger charge is 2.33. The molecule has 0 aliphatic carbocycles. The van der Waals surface area contributed by atoms with Crippen LogP contribution in [0.3, 0.4) is 0 Å². The van der Waals surface area contributed by atoms with E-state index < -0.39 is 11.9 Å². The summed E-state index contributed by atoms with van der Waals surface area (Å²) in [6, 6.07) is 0. The molecule has 0 saturated carbocycles. The summed E-state index contributed by atoms with van der Waals surface area (Å²) >= 11 is 0. The van der Waals surface area contributed by atoms with Gasteiger partial charge in [-0.3, -0.25) is 14.3 Å². The Labute approximate surface area is 123 Å². The van der Waals surface area contributed by atoms with E-state index in [-0.39, 0.29) is 11.8 Å². The van der Waals surface area contributed by atoms with Crippen molar-refractivity contribution in [3.05, 3.63) is 17.5 Å². The molecule has 1 fully saturated rings. The fourth-order valence-electron chi connectivity index (χ4n) is 3.47. The predicted octanol–water partition coefficient (Wildman–Crippen LogP) is 1.40. The Hall–Kier alpha value is -1.85. The molecule has 21 heavy (non-hydrogen) atoms. The summed E-state index contributed by atoms with van der Waals surface area (Å²) in [5.41, 5.74) is 1.67. The van der Waals surface area contributed by atoms with Crippen LogP contribution in [0.2, 0.25) is 0 Å². The lowest BCUT2D eigenvalue weighted by Crippen LogP contribution is -2.45. The van der Waals surface area contributed by atoms with E-state index in [0.717, 1.165) is 31.5 Å². The molecule has 1 saturated heterocycles. The number of carbonyl (C=O) groups excluding carboxylic acids is 1. The molecule has 0 bridgehead atoms. The molecule has 2 aliphatic rings. The van der Waals surface area contributed by atoms with Crippen LogP contribution >= 0.6 is 0 Å². The fraction of sp³-hybridized carbons (Fsp3) is 0.667. The van der Waals surface area contributed by atoms with Crippen molar-refractivity contribution in [3.63, 3.8) is 0 Å². The maximum atomic E-state index is 12.7. The first-order valence-corrected chi connectivity index (χ1v) is 7.63. The number of carboxylic acid groups (broad SMARTS) is 1. The molecule has 114 valence electrons. The van der Waals surface area contributed by atoms with Crippen molar-refractivity contribution in [3.8, 4) is 0 Å². The lowest BCUT2D eigenvalue weighted by molar-refractivity contribution is -0.143. The zero-order chi connectivity index (χ0) is 15.0. The first-order chi connectivity index (χ1) is 10.1. The molecule has 0 radical (unpaired) electrons. The number of aryl methyl sites for hydroxylation is 1. The number of piperidine rings is 1. The second-order valence-corrected chi connectivity index (χ2v) is 6.27. The standard InChI is InChI=1S/C15H21N3O3/c1-10-6-11(15(20)21)9-17(8-10)14(19)12-7-16-18-5-3-2-4-13(12)18/h7,10-11H,2-6,8-9H2,1H3,(H,20,21). The van der Waals surface area contributed by atoms with Crippen LogP contribution < -0.4 is 0 Å². The Kier molecular flexibility index (Phi) is 3.69. The van der Waals surface area contributed by atoms with Gasteiger partial charge in [0.05, 0.1) is 23.4 Å². The van der Waals surface area contributed by atoms with Gasteiger partial charge in [-0.05, 0) is 31.6 Å². The van der Waals surface area contributed by atoms with Crippen molar-refractivity contribution in [2.24, 2.45) is 11.8 Å². The predicted molar refractivity (Wildman–Crippen MR) is 76.0 cm³/mol. The van der Waals surface area contributed by atoms with Crippen LogP contribution in [0, 0.1) is 11.8 Å². The molecule has 3 heterocycles. The van der Waals surface area contributed by atoms with Gasteiger partial charge in [0.25, 0.3) is 5.91 Å². The number of hydrogen-bond acceptors (Lipinski definition) is 3. The molecule has 2 unspecified atom stereocenters. The van der Waals surface area contributed by atoms with E-state index in [1.54, 1.807) is 11.1 Å². The van der Waals surface area contributed by atoms with Crippen molar-refractivity contribution < 1.29 is 14.7 Å². The minimum absolute atomic E-state index is 0.0593. The number of aromatic nitrogens is 2. The SMILES string of the molecule is CC1CC(C(=O)O)CN(C(=O)c2cnn3c2CCCC3)C1. The van der Waals surface area contributed by atoms with E-state index in [0.29, 0.717) is 25.1 Å². The van der Waals surface area contributed by atoms with E-state index in [1.807, 2.05) is 11.6 Å².